The Labute approximate surface area is 399 Å². The number of halogens is 1. The van der Waals surface area contributed by atoms with E-state index in [0.29, 0.717) is 26.2 Å². The normalized spacial score (nSPS) is 29.0. The number of aliphatic hydroxyl groups is 2. The van der Waals surface area contributed by atoms with E-state index in [9.17, 15) is 49.1 Å². The maximum absolute atomic E-state index is 14.5. The first-order valence-electron chi connectivity index (χ1n) is 22.7. The molecule has 69 heavy (non-hydrogen) atoms. The number of piperazine rings is 1. The number of hydrogen-bond acceptors (Lipinski definition) is 16. The topological polar surface area (TPSA) is 249 Å². The van der Waals surface area contributed by atoms with Crippen LogP contribution in [0.2, 0.25) is 0 Å². The highest BCUT2D eigenvalue weighted by molar-refractivity contribution is 6.24. The molecular formula is C50H62FN5O13. The summed E-state index contributed by atoms with van der Waals surface area (Å²) in [6, 6.07) is 6.15. The van der Waals surface area contributed by atoms with E-state index in [0.717, 1.165) is 18.2 Å². The van der Waals surface area contributed by atoms with Gasteiger partial charge >= 0.3 is 11.8 Å². The number of hydrazone groups is 1. The summed E-state index contributed by atoms with van der Waals surface area (Å²) in [5.74, 6) is -10.1. The molecule has 0 aliphatic carbocycles. The zero-order chi connectivity index (χ0) is 50.6. The van der Waals surface area contributed by atoms with E-state index in [-0.39, 0.29) is 45.8 Å². The summed E-state index contributed by atoms with van der Waals surface area (Å²) in [4.78, 5) is 57.9. The molecule has 3 aromatic carbocycles. The Morgan fingerprint density at radius 1 is 0.942 bits per heavy atom. The Balaban J connectivity index is 1.40. The monoisotopic (exact) mass is 959 g/mol. The molecule has 2 amide bonds. The molecule has 3 aromatic rings. The Bertz CT molecular complexity index is 2570. The quantitative estimate of drug-likeness (QED) is 0.0531. The largest absolute Gasteiger partial charge is 0.507 e. The van der Waals surface area contributed by atoms with Crippen molar-refractivity contribution in [3.63, 3.8) is 0 Å². The van der Waals surface area contributed by atoms with Gasteiger partial charge in [-0.2, -0.15) is 5.10 Å². The van der Waals surface area contributed by atoms with Gasteiger partial charge in [-0.3, -0.25) is 24.1 Å². The molecule has 4 aliphatic rings. The molecule has 18 nitrogen and oxygen atoms in total. The average Bonchev–Trinajstić information content (AvgIpc) is 3.58. The highest BCUT2D eigenvalue weighted by atomic mass is 19.1. The predicted octanol–water partition coefficient (Wildman–Crippen LogP) is 5.17. The molecule has 372 valence electrons. The maximum Gasteiger partial charge on any atom is 0.312 e. The van der Waals surface area contributed by atoms with E-state index in [1.807, 2.05) is 4.90 Å². The number of nitrogens with zero attached hydrogens (tertiary/aromatic N) is 3. The van der Waals surface area contributed by atoms with Crippen molar-refractivity contribution in [1.29, 1.82) is 0 Å². The Morgan fingerprint density at radius 3 is 2.25 bits per heavy atom. The number of anilines is 2. The number of carbonyl (C=O) groups excluding carboxylic acids is 4. The maximum atomic E-state index is 14.5. The predicted molar refractivity (Wildman–Crippen MR) is 255 cm³/mol. The molecule has 7 rings (SSSR count). The number of amides is 2. The molecule has 5 bridgehead atoms. The fourth-order valence-electron chi connectivity index (χ4n) is 9.10. The first-order chi connectivity index (χ1) is 32.6. The van der Waals surface area contributed by atoms with Crippen LogP contribution in [0.3, 0.4) is 0 Å². The Hall–Kier alpha value is -6.54. The second-order valence-corrected chi connectivity index (χ2v) is 18.2. The molecule has 0 spiro atoms. The molecule has 0 aromatic heterocycles. The number of methoxy groups -OCH3 is 1. The van der Waals surface area contributed by atoms with Gasteiger partial charge in [-0.1, -0.05) is 45.9 Å². The van der Waals surface area contributed by atoms with Crippen molar-refractivity contribution in [3.8, 4) is 23.0 Å². The minimum absolute atomic E-state index is 0.0151. The number of ketones is 1. The summed E-state index contributed by atoms with van der Waals surface area (Å²) >= 11 is 0. The summed E-state index contributed by atoms with van der Waals surface area (Å²) in [5.41, 5.74) is 2.27. The van der Waals surface area contributed by atoms with E-state index in [1.165, 1.54) is 65.2 Å². The second kappa shape index (κ2) is 21.4. The number of carbonyl (C=O) groups is 4. The molecule has 7 N–H and O–H groups in total. The molecule has 19 heteroatoms. The molecule has 1 saturated heterocycles. The standard InChI is InChI=1S/C50H62FN5O13/c1-25-11-10-12-26(2)49(65)53-40-34(23-52-54-36(58)24-55-18-20-56(21-19-55)33-15-13-32(51)14-16-33)44(62)37-38(45(40)63)43(61)30(6)47-39(37)48(64)50(8,69-47)67-22-17-35(66-9)27(3)46(68-31(7)57)29(5)42(60)28(4)41(25)59/h10-17,22-23,25,27-29,35,41-42,46,59-63H,18-21,24H2,1-9H3,(H,53,65)(H,54,58)/b11-10+,22-17+,26-12-,52-23+/t25-,27+,28+,29+,35-,41-,42+,46+,50-/m0/s1. The van der Waals surface area contributed by atoms with Gasteiger partial charge < -0.3 is 54.7 Å². The van der Waals surface area contributed by atoms with Crippen LogP contribution in [-0.4, -0.2) is 130 Å². The summed E-state index contributed by atoms with van der Waals surface area (Å²) in [6.45, 7) is 14.4. The van der Waals surface area contributed by atoms with Gasteiger partial charge in [-0.05, 0) is 44.2 Å². The SMILES string of the molecule is CO[C@H]1/C=C/O[C@@]2(C)Oc3c(C)c(O)c4c(O)c(c(/C=N/NC(=O)CN5CCN(c6ccc(F)cc6)CC5)c(O)c4c3C2=O)NC(=O)/C(C)=C\C=C\[C@H](C)[C@H](O)[C@@H](C)[C@@H](O)[C@@H](C)[C@H](OC(C)=O)[C@@H]1C. The van der Waals surface area contributed by atoms with Gasteiger partial charge in [0.1, 0.15) is 29.2 Å². The number of rotatable bonds is 7. The van der Waals surface area contributed by atoms with Crippen LogP contribution >= 0.6 is 0 Å². The number of aromatic hydroxyl groups is 3. The van der Waals surface area contributed by atoms with E-state index < -0.39 is 106 Å². The lowest BCUT2D eigenvalue weighted by Crippen LogP contribution is -2.49. The van der Waals surface area contributed by atoms with E-state index in [4.69, 9.17) is 18.9 Å². The first kappa shape index (κ1) is 51.8. The van der Waals surface area contributed by atoms with Crippen LogP contribution in [-0.2, 0) is 28.6 Å². The van der Waals surface area contributed by atoms with Crippen molar-refractivity contribution in [2.24, 2.45) is 28.8 Å². The van der Waals surface area contributed by atoms with Gasteiger partial charge in [0.15, 0.2) is 5.75 Å². The molecule has 0 radical (unpaired) electrons. The zero-order valence-electron chi connectivity index (χ0n) is 40.1. The highest BCUT2D eigenvalue weighted by Gasteiger charge is 2.50. The van der Waals surface area contributed by atoms with Crippen molar-refractivity contribution in [1.82, 2.24) is 10.3 Å². The van der Waals surface area contributed by atoms with E-state index in [1.54, 1.807) is 45.9 Å². The van der Waals surface area contributed by atoms with Gasteiger partial charge in [0.25, 0.3) is 17.6 Å². The van der Waals surface area contributed by atoms with Crippen LogP contribution in [0.4, 0.5) is 15.8 Å². The van der Waals surface area contributed by atoms with Crippen molar-refractivity contribution in [3.05, 3.63) is 82.9 Å². The number of allylic oxidation sites excluding steroid dienone is 2. The molecular weight excluding hydrogens is 898 g/mol. The van der Waals surface area contributed by atoms with E-state index >= 15 is 0 Å². The Morgan fingerprint density at radius 2 is 1.61 bits per heavy atom. The molecule has 0 unspecified atom stereocenters. The molecule has 0 saturated carbocycles. The third-order valence-corrected chi connectivity index (χ3v) is 13.3. The van der Waals surface area contributed by atoms with Gasteiger partial charge in [0.05, 0.1) is 59.5 Å². The van der Waals surface area contributed by atoms with Crippen molar-refractivity contribution >= 4 is 51.9 Å². The molecule has 1 fully saturated rings. The highest BCUT2D eigenvalue weighted by Crippen LogP contribution is 2.55. The number of ether oxygens (including phenoxy) is 4. The van der Waals surface area contributed by atoms with Gasteiger partial charge in [0, 0.05) is 93.0 Å². The van der Waals surface area contributed by atoms with Crippen molar-refractivity contribution in [2.75, 3.05) is 50.1 Å². The lowest BCUT2D eigenvalue weighted by atomic mass is 9.78. The number of hydrogen-bond donors (Lipinski definition) is 7. The van der Waals surface area contributed by atoms with Crippen LogP contribution in [0.15, 0.2) is 65.5 Å². The minimum atomic E-state index is -2.13. The number of phenolic OH excluding ortho intramolecular Hbond substituents is 3. The number of Topliss-reactive ketones (excluding diaryl/α,β-unsaturated/α-hetero) is 1. The number of nitrogens with one attached hydrogen (secondary N) is 2. The van der Waals surface area contributed by atoms with Crippen molar-refractivity contribution in [2.45, 2.75) is 85.6 Å². The molecule has 9 atom stereocenters. The number of esters is 1. The summed E-state index contributed by atoms with van der Waals surface area (Å²) in [6.07, 6.45) is 4.15. The summed E-state index contributed by atoms with van der Waals surface area (Å²) < 4.78 is 37.1. The van der Waals surface area contributed by atoms with Crippen LogP contribution in [0, 0.1) is 36.4 Å². The fraction of sp³-hybridized carbons (Fsp3) is 0.460. The minimum Gasteiger partial charge on any atom is -0.507 e. The Kier molecular flexibility index (Phi) is 16.1. The lowest BCUT2D eigenvalue weighted by Gasteiger charge is -2.38. The van der Waals surface area contributed by atoms with Crippen LogP contribution < -0.4 is 20.4 Å². The average molecular weight is 960 g/mol. The number of phenols is 3. The second-order valence-electron chi connectivity index (χ2n) is 18.2. The van der Waals surface area contributed by atoms with Crippen LogP contribution in [0.25, 0.3) is 10.8 Å². The third kappa shape index (κ3) is 10.9. The lowest BCUT2D eigenvalue weighted by molar-refractivity contribution is -0.160. The number of aliphatic hydroxyl groups excluding tert-OH is 2. The third-order valence-electron chi connectivity index (χ3n) is 13.3. The summed E-state index contributed by atoms with van der Waals surface area (Å²) in [7, 11) is 1.41. The van der Waals surface area contributed by atoms with Crippen LogP contribution in [0.5, 0.6) is 23.0 Å². The molecule has 4 heterocycles. The van der Waals surface area contributed by atoms with Gasteiger partial charge in [-0.15, -0.1) is 0 Å². The van der Waals surface area contributed by atoms with E-state index in [2.05, 4.69) is 20.7 Å². The number of fused-ring (bicyclic) bond motifs is 14. The zero-order valence-corrected chi connectivity index (χ0v) is 40.1. The smallest absolute Gasteiger partial charge is 0.312 e. The van der Waals surface area contributed by atoms with Crippen molar-refractivity contribution < 1.29 is 68.0 Å². The van der Waals surface area contributed by atoms with Crippen LogP contribution in [0.1, 0.15) is 70.0 Å². The van der Waals surface area contributed by atoms with Gasteiger partial charge in [0.2, 0.25) is 0 Å². The molecule has 4 aliphatic heterocycles. The fourth-order valence-corrected chi connectivity index (χ4v) is 9.10. The first-order valence-corrected chi connectivity index (χ1v) is 22.7. The summed E-state index contributed by atoms with van der Waals surface area (Å²) in [5, 5.41) is 64.6. The number of benzene rings is 3. The van der Waals surface area contributed by atoms with Gasteiger partial charge in [-0.25, -0.2) is 9.82 Å².